The van der Waals surface area contributed by atoms with Crippen LogP contribution in [0.4, 0.5) is 5.13 Å². The Morgan fingerprint density at radius 1 is 1.19 bits per heavy atom. The van der Waals surface area contributed by atoms with Gasteiger partial charge in [0, 0.05) is 56.0 Å². The second-order valence-electron chi connectivity index (χ2n) is 6.61. The maximum atomic E-state index is 5.21. The molecule has 4 rings (SSSR count). The molecule has 1 aromatic carbocycles. The second kappa shape index (κ2) is 8.01. The molecule has 2 aromatic heterocycles. The summed E-state index contributed by atoms with van der Waals surface area (Å²) in [5.41, 5.74) is 2.26. The van der Waals surface area contributed by atoms with E-state index < -0.39 is 0 Å². The minimum absolute atomic E-state index is 0.520. The van der Waals surface area contributed by atoms with Crippen molar-refractivity contribution >= 4 is 16.5 Å². The molecule has 0 saturated carbocycles. The number of hydrogen-bond donors (Lipinski definition) is 0. The Morgan fingerprint density at radius 3 is 2.77 bits per heavy atom. The third kappa shape index (κ3) is 3.66. The van der Waals surface area contributed by atoms with Crippen LogP contribution >= 0.6 is 11.3 Å². The molecule has 0 radical (unpaired) electrons. The molecule has 5 nitrogen and oxygen atoms in total. The SMILES string of the molecule is COCCn1ccnc1C1CCN(c2nc(-c3ccccc3)cs2)CC1. The number of benzene rings is 1. The van der Waals surface area contributed by atoms with Crippen LogP contribution in [0.15, 0.2) is 48.1 Å². The molecular weight excluding hydrogens is 344 g/mol. The van der Waals surface area contributed by atoms with E-state index in [4.69, 9.17) is 9.72 Å². The van der Waals surface area contributed by atoms with Gasteiger partial charge in [0.2, 0.25) is 0 Å². The zero-order valence-corrected chi connectivity index (χ0v) is 15.9. The lowest BCUT2D eigenvalue weighted by Crippen LogP contribution is -2.33. The first-order valence-electron chi connectivity index (χ1n) is 9.11. The summed E-state index contributed by atoms with van der Waals surface area (Å²) in [6.07, 6.45) is 6.20. The van der Waals surface area contributed by atoms with Crippen molar-refractivity contribution in [1.29, 1.82) is 0 Å². The van der Waals surface area contributed by atoms with Crippen LogP contribution in [0.5, 0.6) is 0 Å². The van der Waals surface area contributed by atoms with Crippen molar-refractivity contribution in [2.75, 3.05) is 31.7 Å². The summed E-state index contributed by atoms with van der Waals surface area (Å²) >= 11 is 1.74. The molecule has 1 aliphatic rings. The number of nitrogens with zero attached hydrogens (tertiary/aromatic N) is 4. The Hall–Kier alpha value is -2.18. The summed E-state index contributed by atoms with van der Waals surface area (Å²) in [6, 6.07) is 10.4. The molecule has 1 aliphatic heterocycles. The largest absolute Gasteiger partial charge is 0.383 e. The van der Waals surface area contributed by atoms with Crippen molar-refractivity contribution in [1.82, 2.24) is 14.5 Å². The zero-order chi connectivity index (χ0) is 17.8. The van der Waals surface area contributed by atoms with E-state index in [1.165, 1.54) is 11.4 Å². The van der Waals surface area contributed by atoms with Gasteiger partial charge in [-0.3, -0.25) is 0 Å². The highest BCUT2D eigenvalue weighted by Gasteiger charge is 2.25. The van der Waals surface area contributed by atoms with Crippen LogP contribution in [0.3, 0.4) is 0 Å². The van der Waals surface area contributed by atoms with Gasteiger partial charge in [0.1, 0.15) is 5.82 Å². The molecule has 3 aromatic rings. The average molecular weight is 369 g/mol. The molecule has 26 heavy (non-hydrogen) atoms. The number of anilines is 1. The van der Waals surface area contributed by atoms with Crippen molar-refractivity contribution in [3.63, 3.8) is 0 Å². The molecule has 0 spiro atoms. The fourth-order valence-corrected chi connectivity index (χ4v) is 4.43. The highest BCUT2D eigenvalue weighted by molar-refractivity contribution is 7.14. The van der Waals surface area contributed by atoms with Gasteiger partial charge in [0.25, 0.3) is 0 Å². The van der Waals surface area contributed by atoms with Gasteiger partial charge in [-0.05, 0) is 12.8 Å². The smallest absolute Gasteiger partial charge is 0.185 e. The summed E-state index contributed by atoms with van der Waals surface area (Å²) in [5.74, 6) is 1.72. The maximum Gasteiger partial charge on any atom is 0.185 e. The summed E-state index contributed by atoms with van der Waals surface area (Å²) in [6.45, 7) is 3.66. The monoisotopic (exact) mass is 368 g/mol. The van der Waals surface area contributed by atoms with E-state index in [0.29, 0.717) is 5.92 Å². The van der Waals surface area contributed by atoms with E-state index in [0.717, 1.165) is 49.9 Å². The number of rotatable bonds is 6. The Bertz CT molecular complexity index is 821. The Kier molecular flexibility index (Phi) is 5.32. The van der Waals surface area contributed by atoms with Gasteiger partial charge in [-0.2, -0.15) is 0 Å². The van der Waals surface area contributed by atoms with Gasteiger partial charge >= 0.3 is 0 Å². The molecule has 1 fully saturated rings. The number of methoxy groups -OCH3 is 1. The molecule has 1 saturated heterocycles. The lowest BCUT2D eigenvalue weighted by Gasteiger charge is -2.31. The number of ether oxygens (including phenoxy) is 1. The van der Waals surface area contributed by atoms with Gasteiger partial charge < -0.3 is 14.2 Å². The number of thiazole rings is 1. The Balaban J connectivity index is 1.40. The molecule has 0 bridgehead atoms. The standard InChI is InChI=1S/C20H24N4OS/c1-25-14-13-23-12-9-21-19(23)17-7-10-24(11-8-17)20-22-18(15-26-20)16-5-3-2-4-6-16/h2-6,9,12,15,17H,7-8,10-11,13-14H2,1H3. The first-order valence-corrected chi connectivity index (χ1v) is 9.99. The second-order valence-corrected chi connectivity index (χ2v) is 7.45. The Morgan fingerprint density at radius 2 is 2.00 bits per heavy atom. The highest BCUT2D eigenvalue weighted by Crippen LogP contribution is 2.33. The first kappa shape index (κ1) is 17.2. The van der Waals surface area contributed by atoms with Crippen LogP contribution in [-0.2, 0) is 11.3 Å². The van der Waals surface area contributed by atoms with Gasteiger partial charge in [0.05, 0.1) is 12.3 Å². The minimum Gasteiger partial charge on any atom is -0.383 e. The van der Waals surface area contributed by atoms with Crippen LogP contribution in [0.1, 0.15) is 24.6 Å². The summed E-state index contributed by atoms with van der Waals surface area (Å²) < 4.78 is 7.44. The molecule has 0 amide bonds. The third-order valence-corrected chi connectivity index (χ3v) is 5.88. The first-order chi connectivity index (χ1) is 12.8. The fraction of sp³-hybridized carbons (Fsp3) is 0.400. The zero-order valence-electron chi connectivity index (χ0n) is 15.0. The molecule has 3 heterocycles. The Labute approximate surface area is 158 Å². The van der Waals surface area contributed by atoms with Crippen LogP contribution in [0, 0.1) is 0 Å². The third-order valence-electron chi connectivity index (χ3n) is 4.98. The maximum absolute atomic E-state index is 5.21. The molecule has 0 atom stereocenters. The molecule has 136 valence electrons. The van der Waals surface area contributed by atoms with E-state index in [9.17, 15) is 0 Å². The minimum atomic E-state index is 0.520. The lowest BCUT2D eigenvalue weighted by atomic mass is 9.96. The summed E-state index contributed by atoms with van der Waals surface area (Å²) in [7, 11) is 1.74. The van der Waals surface area contributed by atoms with E-state index >= 15 is 0 Å². The lowest BCUT2D eigenvalue weighted by molar-refractivity contribution is 0.185. The highest BCUT2D eigenvalue weighted by atomic mass is 32.1. The van der Waals surface area contributed by atoms with Gasteiger partial charge in [-0.15, -0.1) is 11.3 Å². The number of hydrogen-bond acceptors (Lipinski definition) is 5. The van der Waals surface area contributed by atoms with Gasteiger partial charge in [-0.1, -0.05) is 30.3 Å². The predicted molar refractivity (Wildman–Crippen MR) is 106 cm³/mol. The van der Waals surface area contributed by atoms with Crippen molar-refractivity contribution in [2.45, 2.75) is 25.3 Å². The van der Waals surface area contributed by atoms with Gasteiger partial charge in [0.15, 0.2) is 5.13 Å². The fourth-order valence-electron chi connectivity index (χ4n) is 3.54. The normalized spacial score (nSPS) is 15.5. The van der Waals surface area contributed by atoms with E-state index in [-0.39, 0.29) is 0 Å². The molecule has 0 N–H and O–H groups in total. The average Bonchev–Trinajstić information content (AvgIpc) is 3.37. The van der Waals surface area contributed by atoms with Gasteiger partial charge in [-0.25, -0.2) is 9.97 Å². The number of imidazole rings is 1. The number of piperidine rings is 1. The van der Waals surface area contributed by atoms with E-state index in [1.54, 1.807) is 18.4 Å². The van der Waals surface area contributed by atoms with E-state index in [1.807, 2.05) is 12.3 Å². The van der Waals surface area contributed by atoms with Crippen LogP contribution in [-0.4, -0.2) is 41.3 Å². The molecule has 0 aliphatic carbocycles. The van der Waals surface area contributed by atoms with Crippen molar-refractivity contribution < 1.29 is 4.74 Å². The van der Waals surface area contributed by atoms with Crippen LogP contribution in [0.2, 0.25) is 0 Å². The summed E-state index contributed by atoms with van der Waals surface area (Å²) in [5, 5.41) is 3.29. The van der Waals surface area contributed by atoms with Crippen LogP contribution in [0.25, 0.3) is 11.3 Å². The van der Waals surface area contributed by atoms with Crippen molar-refractivity contribution in [2.24, 2.45) is 0 Å². The summed E-state index contributed by atoms with van der Waals surface area (Å²) in [4.78, 5) is 11.9. The van der Waals surface area contributed by atoms with Crippen molar-refractivity contribution in [3.05, 3.63) is 53.9 Å². The van der Waals surface area contributed by atoms with Crippen molar-refractivity contribution in [3.8, 4) is 11.3 Å². The number of aromatic nitrogens is 3. The quantitative estimate of drug-likeness (QED) is 0.659. The topological polar surface area (TPSA) is 43.2 Å². The van der Waals surface area contributed by atoms with E-state index in [2.05, 4.69) is 50.3 Å². The molecule has 0 unspecified atom stereocenters. The molecular formula is C20H24N4OS. The van der Waals surface area contributed by atoms with Crippen LogP contribution < -0.4 is 4.90 Å². The predicted octanol–water partition coefficient (Wildman–Crippen LogP) is 4.04. The molecule has 6 heteroatoms.